The van der Waals surface area contributed by atoms with Crippen LogP contribution in [0, 0.1) is 5.92 Å². The molecule has 2 rings (SSSR count). The fourth-order valence-electron chi connectivity index (χ4n) is 2.87. The first-order chi connectivity index (χ1) is 10.7. The van der Waals surface area contributed by atoms with Crippen molar-refractivity contribution in [1.82, 2.24) is 4.90 Å². The second-order valence-electron chi connectivity index (χ2n) is 5.75. The third-order valence-corrected chi connectivity index (χ3v) is 4.17. The quantitative estimate of drug-likeness (QED) is 0.759. The minimum Gasteiger partial charge on any atom is -0.466 e. The van der Waals surface area contributed by atoms with Gasteiger partial charge in [-0.15, -0.1) is 0 Å². The van der Waals surface area contributed by atoms with Crippen LogP contribution in [0.5, 0.6) is 0 Å². The number of rotatable bonds is 6. The zero-order valence-electron chi connectivity index (χ0n) is 13.3. The van der Waals surface area contributed by atoms with Crippen LogP contribution in [-0.2, 0) is 20.7 Å². The van der Waals surface area contributed by atoms with Crippen LogP contribution in [0.15, 0.2) is 30.3 Å². The molecule has 1 saturated heterocycles. The van der Waals surface area contributed by atoms with Crippen molar-refractivity contribution in [2.75, 3.05) is 19.7 Å². The van der Waals surface area contributed by atoms with Gasteiger partial charge in [0.2, 0.25) is 5.91 Å². The fraction of sp³-hybridized carbons (Fsp3) is 0.556. The molecule has 1 heterocycles. The maximum absolute atomic E-state index is 12.2. The average Bonchev–Trinajstić information content (AvgIpc) is 2.56. The number of hydrogen-bond donors (Lipinski definition) is 0. The van der Waals surface area contributed by atoms with Crippen molar-refractivity contribution in [3.63, 3.8) is 0 Å². The van der Waals surface area contributed by atoms with E-state index in [4.69, 9.17) is 4.74 Å². The fourth-order valence-corrected chi connectivity index (χ4v) is 2.87. The molecule has 1 fully saturated rings. The van der Waals surface area contributed by atoms with Gasteiger partial charge in [-0.25, -0.2) is 0 Å². The maximum atomic E-state index is 12.2. The monoisotopic (exact) mass is 303 g/mol. The second-order valence-corrected chi connectivity index (χ2v) is 5.75. The Hall–Kier alpha value is -1.84. The number of piperidine rings is 1. The van der Waals surface area contributed by atoms with Gasteiger partial charge in [-0.2, -0.15) is 0 Å². The lowest BCUT2D eigenvalue weighted by Gasteiger charge is -2.31. The molecule has 0 atom stereocenters. The summed E-state index contributed by atoms with van der Waals surface area (Å²) in [6.45, 7) is 3.60. The lowest BCUT2D eigenvalue weighted by Crippen LogP contribution is -2.40. The Morgan fingerprint density at radius 1 is 1.18 bits per heavy atom. The minimum absolute atomic E-state index is 0.0340. The zero-order chi connectivity index (χ0) is 15.8. The first-order valence-corrected chi connectivity index (χ1v) is 8.19. The van der Waals surface area contributed by atoms with Gasteiger partial charge in [0.05, 0.1) is 12.5 Å². The molecule has 0 N–H and O–H groups in total. The van der Waals surface area contributed by atoms with Crippen molar-refractivity contribution in [2.24, 2.45) is 5.92 Å². The van der Waals surface area contributed by atoms with E-state index in [1.54, 1.807) is 0 Å². The molecule has 0 saturated carbocycles. The van der Waals surface area contributed by atoms with Crippen LogP contribution in [0.1, 0.15) is 38.2 Å². The summed E-state index contributed by atoms with van der Waals surface area (Å²) in [6.07, 6.45) is 3.85. The van der Waals surface area contributed by atoms with Crippen LogP contribution in [0.25, 0.3) is 0 Å². The molecule has 1 aliphatic heterocycles. The van der Waals surface area contributed by atoms with Gasteiger partial charge in [-0.3, -0.25) is 9.59 Å². The van der Waals surface area contributed by atoms with E-state index in [-0.39, 0.29) is 17.8 Å². The van der Waals surface area contributed by atoms with Crippen molar-refractivity contribution in [3.05, 3.63) is 35.9 Å². The van der Waals surface area contributed by atoms with E-state index in [9.17, 15) is 9.59 Å². The molecule has 0 unspecified atom stereocenters. The van der Waals surface area contributed by atoms with Gasteiger partial charge in [-0.1, -0.05) is 30.3 Å². The minimum atomic E-state index is -0.112. The first kappa shape index (κ1) is 16.5. The van der Waals surface area contributed by atoms with Gasteiger partial charge in [0.1, 0.15) is 0 Å². The van der Waals surface area contributed by atoms with E-state index >= 15 is 0 Å². The number of carbonyl (C=O) groups is 2. The number of amides is 1. The third-order valence-electron chi connectivity index (χ3n) is 4.17. The number of esters is 1. The van der Waals surface area contributed by atoms with Crippen LogP contribution < -0.4 is 0 Å². The standard InChI is InChI=1S/C18H25NO3/c1-2-22-18(21)16-11-13-19(14-12-16)17(20)10-6-9-15-7-4-3-5-8-15/h3-5,7-8,16H,2,6,9-14H2,1H3. The molecule has 1 aromatic rings. The summed E-state index contributed by atoms with van der Waals surface area (Å²) < 4.78 is 5.05. The van der Waals surface area contributed by atoms with Gasteiger partial charge in [0.25, 0.3) is 0 Å². The highest BCUT2D eigenvalue weighted by Gasteiger charge is 2.27. The normalized spacial score (nSPS) is 15.6. The van der Waals surface area contributed by atoms with Crippen LogP contribution in [-0.4, -0.2) is 36.5 Å². The maximum Gasteiger partial charge on any atom is 0.309 e. The smallest absolute Gasteiger partial charge is 0.309 e. The summed E-state index contributed by atoms with van der Waals surface area (Å²) in [6, 6.07) is 10.2. The Morgan fingerprint density at radius 3 is 2.50 bits per heavy atom. The summed E-state index contributed by atoms with van der Waals surface area (Å²) in [7, 11) is 0. The predicted octanol–water partition coefficient (Wildman–Crippen LogP) is 2.81. The van der Waals surface area contributed by atoms with E-state index in [1.807, 2.05) is 30.0 Å². The molecule has 0 radical (unpaired) electrons. The molecule has 4 heteroatoms. The van der Waals surface area contributed by atoms with E-state index < -0.39 is 0 Å². The van der Waals surface area contributed by atoms with E-state index in [2.05, 4.69) is 12.1 Å². The number of aryl methyl sites for hydroxylation is 1. The van der Waals surface area contributed by atoms with Gasteiger partial charge in [0, 0.05) is 19.5 Å². The zero-order valence-corrected chi connectivity index (χ0v) is 13.3. The first-order valence-electron chi connectivity index (χ1n) is 8.19. The number of carbonyl (C=O) groups excluding carboxylic acids is 2. The second kappa shape index (κ2) is 8.57. The summed E-state index contributed by atoms with van der Waals surface area (Å²) in [5, 5.41) is 0. The molecule has 0 aliphatic carbocycles. The summed E-state index contributed by atoms with van der Waals surface area (Å²) in [4.78, 5) is 25.8. The van der Waals surface area contributed by atoms with Crippen LogP contribution >= 0.6 is 0 Å². The third kappa shape index (κ3) is 4.86. The molecule has 0 bridgehead atoms. The molecular weight excluding hydrogens is 278 g/mol. The van der Waals surface area contributed by atoms with Crippen LogP contribution in [0.4, 0.5) is 0 Å². The number of nitrogens with zero attached hydrogens (tertiary/aromatic N) is 1. The number of hydrogen-bond acceptors (Lipinski definition) is 3. The van der Waals surface area contributed by atoms with Gasteiger partial charge in [0.15, 0.2) is 0 Å². The molecule has 22 heavy (non-hydrogen) atoms. The molecule has 1 amide bonds. The van der Waals surface area contributed by atoms with Crippen molar-refractivity contribution in [1.29, 1.82) is 0 Å². The summed E-state index contributed by atoms with van der Waals surface area (Å²) in [5.74, 6) is 0.0604. The molecule has 120 valence electrons. The molecule has 0 spiro atoms. The van der Waals surface area contributed by atoms with Crippen molar-refractivity contribution >= 4 is 11.9 Å². The topological polar surface area (TPSA) is 46.6 Å². The predicted molar refractivity (Wildman–Crippen MR) is 85.3 cm³/mol. The largest absolute Gasteiger partial charge is 0.466 e. The number of benzene rings is 1. The average molecular weight is 303 g/mol. The Bertz CT molecular complexity index is 478. The molecule has 0 aromatic heterocycles. The molecule has 1 aromatic carbocycles. The van der Waals surface area contributed by atoms with Gasteiger partial charge >= 0.3 is 5.97 Å². The van der Waals surface area contributed by atoms with E-state index in [0.29, 0.717) is 26.1 Å². The van der Waals surface area contributed by atoms with Crippen LogP contribution in [0.2, 0.25) is 0 Å². The lowest BCUT2D eigenvalue weighted by molar-refractivity contribution is -0.151. The van der Waals surface area contributed by atoms with Gasteiger partial charge in [-0.05, 0) is 38.2 Å². The van der Waals surface area contributed by atoms with Gasteiger partial charge < -0.3 is 9.64 Å². The molecule has 1 aliphatic rings. The lowest BCUT2D eigenvalue weighted by atomic mass is 9.96. The SMILES string of the molecule is CCOC(=O)C1CCN(C(=O)CCCc2ccccc2)CC1. The highest BCUT2D eigenvalue weighted by molar-refractivity contribution is 5.77. The Morgan fingerprint density at radius 2 is 1.86 bits per heavy atom. The number of likely N-dealkylation sites (tertiary alicyclic amines) is 1. The van der Waals surface area contributed by atoms with E-state index in [0.717, 1.165) is 25.7 Å². The summed E-state index contributed by atoms with van der Waals surface area (Å²) >= 11 is 0. The van der Waals surface area contributed by atoms with Crippen molar-refractivity contribution in [2.45, 2.75) is 39.0 Å². The molecule has 4 nitrogen and oxygen atoms in total. The van der Waals surface area contributed by atoms with Crippen LogP contribution in [0.3, 0.4) is 0 Å². The Labute approximate surface area is 132 Å². The number of ether oxygens (including phenoxy) is 1. The Balaban J connectivity index is 1.68. The molecular formula is C18H25NO3. The van der Waals surface area contributed by atoms with E-state index in [1.165, 1.54) is 5.56 Å². The Kier molecular flexibility index (Phi) is 6.44. The highest BCUT2D eigenvalue weighted by atomic mass is 16.5. The van der Waals surface area contributed by atoms with Crippen molar-refractivity contribution in [3.8, 4) is 0 Å². The highest BCUT2D eigenvalue weighted by Crippen LogP contribution is 2.19. The van der Waals surface area contributed by atoms with Crippen molar-refractivity contribution < 1.29 is 14.3 Å². The summed E-state index contributed by atoms with van der Waals surface area (Å²) in [5.41, 5.74) is 1.27.